The van der Waals surface area contributed by atoms with Crippen molar-refractivity contribution in [2.75, 3.05) is 7.11 Å². The van der Waals surface area contributed by atoms with Gasteiger partial charge in [-0.2, -0.15) is 0 Å². The van der Waals surface area contributed by atoms with Gasteiger partial charge in [0.2, 0.25) is 0 Å². The zero-order valence-corrected chi connectivity index (χ0v) is 9.69. The number of carbonyl (C=O) groups is 1. The summed E-state index contributed by atoms with van der Waals surface area (Å²) in [5, 5.41) is 8.45. The first kappa shape index (κ1) is 11.0. The smallest absolute Gasteiger partial charge is 0.328 e. The van der Waals surface area contributed by atoms with Crippen LogP contribution in [0.1, 0.15) is 5.56 Å². The molecule has 0 heterocycles. The highest BCUT2D eigenvalue weighted by Gasteiger charge is 1.98. The van der Waals surface area contributed by atoms with Gasteiger partial charge < -0.3 is 9.84 Å². The van der Waals surface area contributed by atoms with E-state index in [0.29, 0.717) is 0 Å². The molecule has 4 heteroatoms. The van der Waals surface area contributed by atoms with Crippen LogP contribution in [0.5, 0.6) is 5.75 Å². The third-order valence-corrected chi connectivity index (χ3v) is 2.55. The van der Waals surface area contributed by atoms with Gasteiger partial charge in [0.1, 0.15) is 5.75 Å². The number of hydrogen-bond acceptors (Lipinski definition) is 2. The molecule has 1 aromatic rings. The lowest BCUT2D eigenvalue weighted by atomic mass is 10.2. The number of halogens is 1. The highest BCUT2D eigenvalue weighted by Crippen LogP contribution is 2.20. The average molecular weight is 304 g/mol. The van der Waals surface area contributed by atoms with Gasteiger partial charge in [-0.05, 0) is 46.4 Å². The highest BCUT2D eigenvalue weighted by molar-refractivity contribution is 14.1. The second kappa shape index (κ2) is 4.99. The first-order valence-corrected chi connectivity index (χ1v) is 4.96. The summed E-state index contributed by atoms with van der Waals surface area (Å²) in [7, 11) is 1.60. The van der Waals surface area contributed by atoms with Crippen LogP contribution in [0.2, 0.25) is 0 Å². The number of ether oxygens (including phenoxy) is 1. The Morgan fingerprint density at radius 2 is 2.29 bits per heavy atom. The molecule has 0 atom stereocenters. The van der Waals surface area contributed by atoms with Gasteiger partial charge in [0.15, 0.2) is 0 Å². The Hall–Kier alpha value is -1.04. The maximum absolute atomic E-state index is 10.3. The maximum Gasteiger partial charge on any atom is 0.328 e. The van der Waals surface area contributed by atoms with Gasteiger partial charge in [-0.1, -0.05) is 6.07 Å². The van der Waals surface area contributed by atoms with E-state index in [4.69, 9.17) is 9.84 Å². The lowest BCUT2D eigenvalue weighted by molar-refractivity contribution is -0.131. The largest absolute Gasteiger partial charge is 0.497 e. The second-order valence-electron chi connectivity index (χ2n) is 2.56. The van der Waals surface area contributed by atoms with E-state index in [2.05, 4.69) is 22.6 Å². The fraction of sp³-hybridized carbons (Fsp3) is 0.100. The minimum absolute atomic E-state index is 0.766. The van der Waals surface area contributed by atoms with Crippen LogP contribution >= 0.6 is 22.6 Å². The number of carboxylic acids is 1. The van der Waals surface area contributed by atoms with Crippen molar-refractivity contribution in [3.05, 3.63) is 33.4 Å². The minimum atomic E-state index is -0.948. The molecule has 0 unspecified atom stereocenters. The van der Waals surface area contributed by atoms with Crippen molar-refractivity contribution in [1.82, 2.24) is 0 Å². The molecule has 0 aliphatic carbocycles. The van der Waals surface area contributed by atoms with E-state index < -0.39 is 5.97 Å². The van der Waals surface area contributed by atoms with Crippen LogP contribution in [-0.4, -0.2) is 18.2 Å². The molecule has 0 amide bonds. The first-order chi connectivity index (χ1) is 6.63. The van der Waals surface area contributed by atoms with E-state index in [0.717, 1.165) is 21.0 Å². The molecule has 0 aliphatic rings. The Morgan fingerprint density at radius 1 is 1.57 bits per heavy atom. The molecule has 74 valence electrons. The topological polar surface area (TPSA) is 46.5 Å². The molecule has 3 nitrogen and oxygen atoms in total. The van der Waals surface area contributed by atoms with Crippen molar-refractivity contribution in [1.29, 1.82) is 0 Å². The fourth-order valence-electron chi connectivity index (χ4n) is 0.931. The maximum atomic E-state index is 10.3. The molecule has 0 radical (unpaired) electrons. The van der Waals surface area contributed by atoms with Crippen LogP contribution in [0.25, 0.3) is 6.08 Å². The standard InChI is InChI=1S/C10H9IO3/c1-14-8-4-2-7(9(11)6-8)3-5-10(12)13/h2-6H,1H3,(H,12,13). The number of carboxylic acid groups (broad SMARTS) is 1. The van der Waals surface area contributed by atoms with Crippen molar-refractivity contribution in [3.63, 3.8) is 0 Å². The molecule has 0 aromatic heterocycles. The third-order valence-electron chi connectivity index (χ3n) is 1.61. The van der Waals surface area contributed by atoms with Crippen LogP contribution in [0.15, 0.2) is 24.3 Å². The van der Waals surface area contributed by atoms with Crippen molar-refractivity contribution in [2.45, 2.75) is 0 Å². The average Bonchev–Trinajstić information content (AvgIpc) is 2.15. The van der Waals surface area contributed by atoms with E-state index in [1.807, 2.05) is 12.1 Å². The molecular weight excluding hydrogens is 295 g/mol. The molecule has 0 spiro atoms. The summed E-state index contributed by atoms with van der Waals surface area (Å²) >= 11 is 2.13. The summed E-state index contributed by atoms with van der Waals surface area (Å²) in [5.41, 5.74) is 0.869. The number of aliphatic carboxylic acids is 1. The van der Waals surface area contributed by atoms with Crippen LogP contribution in [0.3, 0.4) is 0 Å². The minimum Gasteiger partial charge on any atom is -0.497 e. The summed E-state index contributed by atoms with van der Waals surface area (Å²) in [4.78, 5) is 10.3. The zero-order valence-electron chi connectivity index (χ0n) is 7.53. The Labute approximate surface area is 95.5 Å². The molecule has 1 aromatic carbocycles. The van der Waals surface area contributed by atoms with Gasteiger partial charge >= 0.3 is 5.97 Å². The normalized spacial score (nSPS) is 10.4. The Kier molecular flexibility index (Phi) is 3.94. The molecule has 0 saturated carbocycles. The predicted octanol–water partition coefficient (Wildman–Crippen LogP) is 2.40. The zero-order chi connectivity index (χ0) is 10.6. The third kappa shape index (κ3) is 3.02. The van der Waals surface area contributed by atoms with Gasteiger partial charge in [0.25, 0.3) is 0 Å². The van der Waals surface area contributed by atoms with E-state index in [1.165, 1.54) is 0 Å². The number of hydrogen-bond donors (Lipinski definition) is 1. The monoisotopic (exact) mass is 304 g/mol. The first-order valence-electron chi connectivity index (χ1n) is 3.88. The lowest BCUT2D eigenvalue weighted by Gasteiger charge is -2.02. The van der Waals surface area contributed by atoms with Crippen LogP contribution in [-0.2, 0) is 4.79 Å². The van der Waals surface area contributed by atoms with E-state index in [9.17, 15) is 4.79 Å². The molecule has 1 N–H and O–H groups in total. The number of methoxy groups -OCH3 is 1. The molecule has 14 heavy (non-hydrogen) atoms. The van der Waals surface area contributed by atoms with Crippen LogP contribution < -0.4 is 4.74 Å². The van der Waals surface area contributed by atoms with Crippen molar-refractivity contribution >= 4 is 34.6 Å². The molecule has 0 saturated heterocycles. The predicted molar refractivity (Wildman–Crippen MR) is 62.4 cm³/mol. The molecule has 1 rings (SSSR count). The summed E-state index contributed by atoms with van der Waals surface area (Å²) in [6, 6.07) is 5.46. The SMILES string of the molecule is COc1ccc(C=CC(=O)O)c(I)c1. The van der Waals surface area contributed by atoms with Crippen LogP contribution in [0.4, 0.5) is 0 Å². The molecular formula is C10H9IO3. The quantitative estimate of drug-likeness (QED) is 0.689. The fourth-order valence-corrected chi connectivity index (χ4v) is 1.60. The van der Waals surface area contributed by atoms with Gasteiger partial charge in [-0.15, -0.1) is 0 Å². The Morgan fingerprint density at radius 3 is 2.79 bits per heavy atom. The summed E-state index contributed by atoms with van der Waals surface area (Å²) < 4.78 is 5.99. The van der Waals surface area contributed by atoms with Gasteiger partial charge in [0, 0.05) is 9.65 Å². The Bertz CT molecular complexity index is 372. The molecule has 0 bridgehead atoms. The van der Waals surface area contributed by atoms with Crippen molar-refractivity contribution < 1.29 is 14.6 Å². The van der Waals surface area contributed by atoms with E-state index >= 15 is 0 Å². The van der Waals surface area contributed by atoms with Crippen molar-refractivity contribution in [3.8, 4) is 5.75 Å². The molecule has 0 aliphatic heterocycles. The van der Waals surface area contributed by atoms with E-state index in [1.54, 1.807) is 19.3 Å². The van der Waals surface area contributed by atoms with E-state index in [-0.39, 0.29) is 0 Å². The highest BCUT2D eigenvalue weighted by atomic mass is 127. The van der Waals surface area contributed by atoms with Crippen molar-refractivity contribution in [2.24, 2.45) is 0 Å². The summed E-state index contributed by atoms with van der Waals surface area (Å²) in [6.07, 6.45) is 2.67. The number of benzene rings is 1. The second-order valence-corrected chi connectivity index (χ2v) is 3.72. The van der Waals surface area contributed by atoms with Gasteiger partial charge in [-0.3, -0.25) is 0 Å². The van der Waals surface area contributed by atoms with Gasteiger partial charge in [0.05, 0.1) is 7.11 Å². The van der Waals surface area contributed by atoms with Crippen LogP contribution in [0, 0.1) is 3.57 Å². The Balaban J connectivity index is 2.94. The summed E-state index contributed by atoms with van der Waals surface area (Å²) in [6.45, 7) is 0. The number of rotatable bonds is 3. The summed E-state index contributed by atoms with van der Waals surface area (Å²) in [5.74, 6) is -0.182. The molecule has 0 fully saturated rings. The lowest BCUT2D eigenvalue weighted by Crippen LogP contribution is -1.88. The van der Waals surface area contributed by atoms with Gasteiger partial charge in [-0.25, -0.2) is 4.79 Å².